The van der Waals surface area contributed by atoms with Crippen molar-refractivity contribution in [2.45, 2.75) is 133 Å². The summed E-state index contributed by atoms with van der Waals surface area (Å²) in [6.45, 7) is 3.29. The van der Waals surface area contributed by atoms with E-state index in [9.17, 15) is 82.8 Å². The Labute approximate surface area is 429 Å². The Bertz CT molecular complexity index is 2160. The van der Waals surface area contributed by atoms with Crippen molar-refractivity contribution in [2.24, 2.45) is 34.8 Å². The van der Waals surface area contributed by atoms with Gasteiger partial charge in [-0.1, -0.05) is 34.1 Å². The molecule has 10 atom stereocenters. The van der Waals surface area contributed by atoms with E-state index in [-0.39, 0.29) is 32.2 Å². The van der Waals surface area contributed by atoms with Crippen molar-refractivity contribution in [3.63, 3.8) is 0 Å². The zero-order chi connectivity index (χ0) is 57.1. The van der Waals surface area contributed by atoms with Crippen molar-refractivity contribution in [1.82, 2.24) is 57.8 Å². The van der Waals surface area contributed by atoms with Crippen LogP contribution in [0, 0.1) is 11.8 Å². The second kappa shape index (κ2) is 33.1. The van der Waals surface area contributed by atoms with Crippen molar-refractivity contribution >= 4 is 76.9 Å². The lowest BCUT2D eigenvalue weighted by atomic mass is 9.97. The third kappa shape index (κ3) is 23.7. The number of aromatic amines is 1. The minimum Gasteiger partial charge on any atom is -0.481 e. The van der Waals surface area contributed by atoms with Crippen molar-refractivity contribution in [3.8, 4) is 0 Å². The number of carbonyl (C=O) groups excluding carboxylic acids is 11. The zero-order valence-electron chi connectivity index (χ0n) is 41.8. The van der Waals surface area contributed by atoms with Gasteiger partial charge in [-0.05, 0) is 37.6 Å². The number of H-pyrrole nitrogens is 1. The minimum absolute atomic E-state index is 0.0320. The summed E-state index contributed by atoms with van der Waals surface area (Å²) >= 11 is 0. The lowest BCUT2D eigenvalue weighted by Crippen LogP contribution is -2.61. The van der Waals surface area contributed by atoms with Gasteiger partial charge in [-0.2, -0.15) is 0 Å². The third-order valence-corrected chi connectivity index (χ3v) is 11.1. The van der Waals surface area contributed by atoms with Gasteiger partial charge in [0.25, 0.3) is 0 Å². The number of primary amides is 2. The molecule has 0 spiro atoms. The second-order valence-electron chi connectivity index (χ2n) is 17.6. The number of aliphatic hydroxyl groups is 2. The lowest BCUT2D eigenvalue weighted by Gasteiger charge is -2.28. The number of hydrogen-bond donors (Lipinski definition) is 18. The van der Waals surface area contributed by atoms with Crippen LogP contribution in [0.1, 0.15) is 78.3 Å². The number of nitrogens with zero attached hydrogens (tertiary/aromatic N) is 1. The maximum atomic E-state index is 13.9. The molecule has 0 aliphatic heterocycles. The molecule has 22 N–H and O–H groups in total. The molecule has 11 amide bonds. The van der Waals surface area contributed by atoms with Crippen LogP contribution in [0.2, 0.25) is 0 Å². The molecule has 0 saturated carbocycles. The van der Waals surface area contributed by atoms with E-state index >= 15 is 0 Å². The molecule has 0 aliphatic rings. The number of aromatic nitrogens is 2. The van der Waals surface area contributed by atoms with E-state index in [2.05, 4.69) is 52.5 Å². The molecule has 0 saturated heterocycles. The number of carboxylic acids is 2. The maximum absolute atomic E-state index is 13.9. The molecule has 1 heterocycles. The highest BCUT2D eigenvalue weighted by molar-refractivity contribution is 5.99. The van der Waals surface area contributed by atoms with Crippen LogP contribution in [0.15, 0.2) is 12.5 Å². The molecule has 0 fully saturated rings. The number of aliphatic hydroxyl groups excluding tert-OH is 2. The molecule has 0 aromatic carbocycles. The van der Waals surface area contributed by atoms with Crippen LogP contribution >= 0.6 is 0 Å². The quantitative estimate of drug-likeness (QED) is 0.0278. The molecule has 32 nitrogen and oxygen atoms in total. The third-order valence-electron chi connectivity index (χ3n) is 11.1. The van der Waals surface area contributed by atoms with Crippen LogP contribution < -0.4 is 70.8 Å². The molecule has 1 aromatic heterocycles. The molecule has 420 valence electrons. The number of aliphatic carboxylic acids is 2. The molecule has 0 aliphatic carbocycles. The SMILES string of the molecule is CC[C@H](C)[C@H](NC(=O)CNC(=O)[C@H](CO)NC(=O)[C@H](CO)NC(=O)[C@H](CC(=O)O)NC(=O)[C@@H](NC(=O)[C@@H](N)CC(N)=O)C(C)C)C(=O)N[C@@H](CCCCN)C(=O)N[C@@H](Cc1cnc[nH]1)C(=O)N[C@@H](CC(N)=O)C(=O)O. The molecular formula is C43H71N15O17. The van der Waals surface area contributed by atoms with Crippen molar-refractivity contribution < 1.29 is 82.8 Å². The zero-order valence-corrected chi connectivity index (χ0v) is 41.8. The van der Waals surface area contributed by atoms with E-state index in [1.807, 2.05) is 5.32 Å². The number of carboxylic acid groups (broad SMARTS) is 2. The van der Waals surface area contributed by atoms with Gasteiger partial charge in [-0.15, -0.1) is 0 Å². The number of nitrogens with two attached hydrogens (primary N) is 4. The Morgan fingerprint density at radius 1 is 0.600 bits per heavy atom. The number of amides is 11. The normalized spacial score (nSPS) is 15.0. The van der Waals surface area contributed by atoms with E-state index in [1.165, 1.54) is 26.4 Å². The highest BCUT2D eigenvalue weighted by Crippen LogP contribution is 2.12. The first-order chi connectivity index (χ1) is 35.2. The Morgan fingerprint density at radius 2 is 1.11 bits per heavy atom. The standard InChI is InChI=1S/C43H71N15O17/c1-5-20(4)34(42(73)51-23(8-6-7-9-44)37(68)52-24(10-21-14-48-18-50-21)38(69)54-26(43(74)75)12-30(47)62)57-31(63)15-49-36(67)27(16-59)55-40(71)28(17-60)56-39(70)25(13-32(64)65)53-41(72)33(19(2)3)58-35(66)22(45)11-29(46)61/h14,18-20,22-28,33-34,59-60H,5-13,15-17,44-45H2,1-4H3,(H2,46,61)(H2,47,62)(H,48,50)(H,49,67)(H,51,73)(H,52,68)(H,53,72)(H,54,69)(H,55,71)(H,56,70)(H,57,63)(H,58,66)(H,64,65)(H,74,75)/t20-,22-,23-,24-,25-,26-,27-,28-,33-,34-/m0/s1. The molecule has 0 bridgehead atoms. The first-order valence-corrected chi connectivity index (χ1v) is 23.5. The summed E-state index contributed by atoms with van der Waals surface area (Å²) < 4.78 is 0. The smallest absolute Gasteiger partial charge is 0.326 e. The molecule has 0 unspecified atom stereocenters. The maximum Gasteiger partial charge on any atom is 0.326 e. The number of imidazole rings is 1. The van der Waals surface area contributed by atoms with Gasteiger partial charge < -0.3 is 96.2 Å². The summed E-state index contributed by atoms with van der Waals surface area (Å²) in [5.74, 6) is -16.1. The van der Waals surface area contributed by atoms with Gasteiger partial charge in [-0.3, -0.25) is 57.5 Å². The number of hydrogen-bond acceptors (Lipinski definition) is 18. The largest absolute Gasteiger partial charge is 0.481 e. The van der Waals surface area contributed by atoms with Crippen LogP contribution in [-0.4, -0.2) is 188 Å². The van der Waals surface area contributed by atoms with Crippen LogP contribution in [-0.2, 0) is 68.7 Å². The van der Waals surface area contributed by atoms with Crippen molar-refractivity contribution in [3.05, 3.63) is 18.2 Å². The summed E-state index contributed by atoms with van der Waals surface area (Å²) in [6.07, 6.45) is 0.902. The summed E-state index contributed by atoms with van der Waals surface area (Å²) in [5, 5.41) is 59.3. The Hall–Kier alpha value is -7.84. The number of carbonyl (C=O) groups is 13. The van der Waals surface area contributed by atoms with Crippen LogP contribution in [0.4, 0.5) is 0 Å². The van der Waals surface area contributed by atoms with Crippen LogP contribution in [0.25, 0.3) is 0 Å². The van der Waals surface area contributed by atoms with Crippen molar-refractivity contribution in [1.29, 1.82) is 0 Å². The molecule has 0 radical (unpaired) electrons. The predicted molar refractivity (Wildman–Crippen MR) is 258 cm³/mol. The Balaban J connectivity index is 3.16. The van der Waals surface area contributed by atoms with E-state index < -0.39 is 182 Å². The number of rotatable bonds is 36. The van der Waals surface area contributed by atoms with Gasteiger partial charge in [0, 0.05) is 18.3 Å². The fourth-order valence-electron chi connectivity index (χ4n) is 6.69. The van der Waals surface area contributed by atoms with E-state index in [0.29, 0.717) is 12.1 Å². The first kappa shape index (κ1) is 65.2. The van der Waals surface area contributed by atoms with Gasteiger partial charge in [0.1, 0.15) is 48.3 Å². The van der Waals surface area contributed by atoms with Gasteiger partial charge in [0.05, 0.1) is 51.4 Å². The lowest BCUT2D eigenvalue weighted by molar-refractivity contribution is -0.143. The van der Waals surface area contributed by atoms with Gasteiger partial charge >= 0.3 is 11.9 Å². The highest BCUT2D eigenvalue weighted by Gasteiger charge is 2.36. The van der Waals surface area contributed by atoms with E-state index in [0.717, 1.165) is 0 Å². The summed E-state index contributed by atoms with van der Waals surface area (Å²) in [6, 6.07) is -14.5. The average Bonchev–Trinajstić information content (AvgIpc) is 3.86. The molecule has 1 aromatic rings. The Kier molecular flexibility index (Phi) is 28.7. The van der Waals surface area contributed by atoms with E-state index in [1.54, 1.807) is 13.8 Å². The van der Waals surface area contributed by atoms with Crippen molar-refractivity contribution in [2.75, 3.05) is 26.3 Å². The topological polar surface area (TPSA) is 544 Å². The van der Waals surface area contributed by atoms with Gasteiger partial charge in [0.15, 0.2) is 0 Å². The molecular weight excluding hydrogens is 999 g/mol. The predicted octanol–water partition coefficient (Wildman–Crippen LogP) is -8.60. The molecule has 1 rings (SSSR count). The fraction of sp³-hybridized carbons (Fsp3) is 0.628. The first-order valence-electron chi connectivity index (χ1n) is 23.5. The summed E-state index contributed by atoms with van der Waals surface area (Å²) in [4.78, 5) is 172. The average molecular weight is 1070 g/mol. The van der Waals surface area contributed by atoms with E-state index in [4.69, 9.17) is 22.9 Å². The van der Waals surface area contributed by atoms with Gasteiger partial charge in [0.2, 0.25) is 65.0 Å². The monoisotopic (exact) mass is 1070 g/mol. The second-order valence-corrected chi connectivity index (χ2v) is 17.6. The molecule has 32 heteroatoms. The minimum atomic E-state index is -1.93. The highest BCUT2D eigenvalue weighted by atomic mass is 16.4. The van der Waals surface area contributed by atoms with Crippen LogP contribution in [0.5, 0.6) is 0 Å². The number of nitrogens with one attached hydrogen (secondary N) is 10. The fourth-order valence-corrected chi connectivity index (χ4v) is 6.69. The molecule has 75 heavy (non-hydrogen) atoms. The summed E-state index contributed by atoms with van der Waals surface area (Å²) in [7, 11) is 0. The number of unbranched alkanes of at least 4 members (excludes halogenated alkanes) is 1. The summed E-state index contributed by atoms with van der Waals surface area (Å²) in [5.41, 5.74) is 21.8. The van der Waals surface area contributed by atoms with Gasteiger partial charge in [-0.25, -0.2) is 9.78 Å². The Morgan fingerprint density at radius 3 is 1.61 bits per heavy atom. The van der Waals surface area contributed by atoms with Crippen LogP contribution in [0.3, 0.4) is 0 Å².